The number of nitrogens with zero attached hydrogens (tertiary/aromatic N) is 2. The van der Waals surface area contributed by atoms with Crippen molar-refractivity contribution < 1.29 is 27.6 Å². The summed E-state index contributed by atoms with van der Waals surface area (Å²) in [6.07, 6.45) is -5.46. The van der Waals surface area contributed by atoms with Crippen LogP contribution in [0.2, 0.25) is 0 Å². The Bertz CT molecular complexity index is 1350. The second-order valence-electron chi connectivity index (χ2n) is 8.72. The van der Waals surface area contributed by atoms with Crippen LogP contribution >= 0.6 is 0 Å². The van der Waals surface area contributed by atoms with Gasteiger partial charge in [0.25, 0.3) is 5.91 Å². The number of primary amides is 1. The van der Waals surface area contributed by atoms with Crippen LogP contribution in [0.25, 0.3) is 0 Å². The van der Waals surface area contributed by atoms with E-state index in [1.165, 1.54) is 24.5 Å². The molecule has 3 aromatic rings. The van der Waals surface area contributed by atoms with Crippen LogP contribution in [0.5, 0.6) is 0 Å². The molecule has 2 aromatic carbocycles. The molecule has 3 amide bonds. The Labute approximate surface area is 216 Å². The van der Waals surface area contributed by atoms with E-state index in [-0.39, 0.29) is 5.56 Å². The molecule has 2 heterocycles. The molecule has 0 radical (unpaired) electrons. The van der Waals surface area contributed by atoms with Crippen molar-refractivity contribution in [2.45, 2.75) is 31.1 Å². The van der Waals surface area contributed by atoms with E-state index >= 15 is 0 Å². The van der Waals surface area contributed by atoms with Crippen LogP contribution in [0, 0.1) is 5.92 Å². The molecule has 38 heavy (non-hydrogen) atoms. The topological polar surface area (TPSA) is 127 Å². The number of benzene rings is 2. The minimum atomic E-state index is -4.59. The molecule has 0 fully saturated rings. The maximum atomic E-state index is 13.5. The number of halogens is 3. The molecular weight excluding hydrogens is 499 g/mol. The zero-order valence-corrected chi connectivity index (χ0v) is 20.0. The number of alkyl halides is 3. The monoisotopic (exact) mass is 523 g/mol. The van der Waals surface area contributed by atoms with Crippen molar-refractivity contribution in [3.05, 3.63) is 95.8 Å². The Morgan fingerprint density at radius 1 is 1.03 bits per heavy atom. The number of fused-ring (bicyclic) bond motifs is 1. The summed E-state index contributed by atoms with van der Waals surface area (Å²) < 4.78 is 39.5. The van der Waals surface area contributed by atoms with Crippen molar-refractivity contribution >= 4 is 29.1 Å². The summed E-state index contributed by atoms with van der Waals surface area (Å²) in [7, 11) is 0. The van der Waals surface area contributed by atoms with Crippen LogP contribution < -0.4 is 16.4 Å². The third kappa shape index (κ3) is 6.23. The van der Waals surface area contributed by atoms with E-state index in [2.05, 4.69) is 20.6 Å². The number of pyridine rings is 1. The zero-order chi connectivity index (χ0) is 27.3. The van der Waals surface area contributed by atoms with E-state index in [4.69, 9.17) is 5.73 Å². The molecule has 0 unspecified atom stereocenters. The molecule has 0 spiro atoms. The zero-order valence-electron chi connectivity index (χ0n) is 20.0. The third-order valence-corrected chi connectivity index (χ3v) is 6.10. The number of benzodiazepines with no additional fused rings is 1. The largest absolute Gasteiger partial charge is 0.389 e. The molecule has 1 aromatic heterocycles. The van der Waals surface area contributed by atoms with Gasteiger partial charge in [-0.05, 0) is 24.1 Å². The lowest BCUT2D eigenvalue weighted by molar-refractivity contribution is -0.144. The summed E-state index contributed by atoms with van der Waals surface area (Å²) in [5.74, 6) is -5.60. The van der Waals surface area contributed by atoms with Crippen molar-refractivity contribution in [2.75, 3.05) is 5.32 Å². The summed E-state index contributed by atoms with van der Waals surface area (Å²) in [6.45, 7) is 0. The van der Waals surface area contributed by atoms with Gasteiger partial charge in [-0.3, -0.25) is 19.4 Å². The lowest BCUT2D eigenvalue weighted by Crippen LogP contribution is -2.47. The number of nitrogens with one attached hydrogen (secondary N) is 2. The first-order valence-corrected chi connectivity index (χ1v) is 11.7. The molecule has 0 aliphatic carbocycles. The molecule has 3 atom stereocenters. The first kappa shape index (κ1) is 26.5. The number of nitrogens with two attached hydrogens (primary N) is 1. The van der Waals surface area contributed by atoms with Crippen LogP contribution in [0.3, 0.4) is 0 Å². The highest BCUT2D eigenvalue weighted by Gasteiger charge is 2.39. The SMILES string of the molecule is NC(=O)[C@@H](c1cccnc1)[C@@H](CCC(F)(F)F)C(=O)N[C@H]1N=C(c2ccccc2)c2ccccc2NC1=O. The second-order valence-corrected chi connectivity index (χ2v) is 8.72. The van der Waals surface area contributed by atoms with Gasteiger partial charge in [0.1, 0.15) is 0 Å². The number of para-hydroxylation sites is 1. The predicted octanol–water partition coefficient (Wildman–Crippen LogP) is 3.54. The molecule has 4 rings (SSSR count). The second kappa shape index (κ2) is 11.2. The van der Waals surface area contributed by atoms with Gasteiger partial charge in [0, 0.05) is 29.9 Å². The Morgan fingerprint density at radius 2 is 1.74 bits per heavy atom. The number of amides is 3. The number of hydrogen-bond acceptors (Lipinski definition) is 5. The molecule has 196 valence electrons. The van der Waals surface area contributed by atoms with Gasteiger partial charge < -0.3 is 16.4 Å². The number of hydrogen-bond donors (Lipinski definition) is 3. The molecular formula is C27H24F3N5O3. The fourth-order valence-corrected chi connectivity index (χ4v) is 4.35. The summed E-state index contributed by atoms with van der Waals surface area (Å²) in [5, 5.41) is 5.16. The molecule has 8 nitrogen and oxygen atoms in total. The third-order valence-electron chi connectivity index (χ3n) is 6.10. The van der Waals surface area contributed by atoms with Crippen LogP contribution in [0.1, 0.15) is 35.4 Å². The fraction of sp³-hybridized carbons (Fsp3) is 0.222. The number of aromatic nitrogens is 1. The molecule has 0 saturated heterocycles. The van der Waals surface area contributed by atoms with Crippen molar-refractivity contribution in [3.8, 4) is 0 Å². The first-order valence-electron chi connectivity index (χ1n) is 11.7. The number of anilines is 1. The minimum absolute atomic E-state index is 0.188. The van der Waals surface area contributed by atoms with Gasteiger partial charge in [-0.1, -0.05) is 54.6 Å². The summed E-state index contributed by atoms with van der Waals surface area (Å²) in [6, 6.07) is 18.8. The Kier molecular flexibility index (Phi) is 7.85. The van der Waals surface area contributed by atoms with Gasteiger partial charge in [-0.2, -0.15) is 13.2 Å². The standard InChI is InChI=1S/C27H24F3N5O3/c28-27(29,30)13-12-19(21(23(31)36)17-9-6-14-32-15-17)25(37)35-24-26(38)33-20-11-5-4-10-18(20)22(34-24)16-7-2-1-3-8-16/h1-11,14-15,19,21,24H,12-13H2,(H2,31,36)(H,33,38)(H,35,37)/t19-,21+,24-/m1/s1. The van der Waals surface area contributed by atoms with Crippen molar-refractivity contribution in [1.82, 2.24) is 10.3 Å². The molecule has 0 saturated carbocycles. The Hall–Kier alpha value is -4.54. The van der Waals surface area contributed by atoms with E-state index in [1.54, 1.807) is 48.5 Å². The molecule has 11 heteroatoms. The van der Waals surface area contributed by atoms with Gasteiger partial charge >= 0.3 is 6.18 Å². The van der Waals surface area contributed by atoms with Crippen LogP contribution in [-0.2, 0) is 14.4 Å². The maximum Gasteiger partial charge on any atom is 0.389 e. The van der Waals surface area contributed by atoms with E-state index < -0.39 is 54.7 Å². The normalized spacial score (nSPS) is 16.8. The van der Waals surface area contributed by atoms with Crippen LogP contribution in [-0.4, -0.2) is 40.8 Å². The van der Waals surface area contributed by atoms with Crippen molar-refractivity contribution in [1.29, 1.82) is 0 Å². The maximum absolute atomic E-state index is 13.5. The molecule has 0 bridgehead atoms. The van der Waals surface area contributed by atoms with Crippen molar-refractivity contribution in [3.63, 3.8) is 0 Å². The van der Waals surface area contributed by atoms with Gasteiger partial charge in [0.05, 0.1) is 23.2 Å². The number of aliphatic imine (C=N–C) groups is 1. The highest BCUT2D eigenvalue weighted by Crippen LogP contribution is 2.33. The molecule has 1 aliphatic heterocycles. The highest BCUT2D eigenvalue weighted by molar-refractivity contribution is 6.19. The first-order chi connectivity index (χ1) is 18.1. The summed E-state index contributed by atoms with van der Waals surface area (Å²) in [4.78, 5) is 47.3. The number of rotatable bonds is 8. The van der Waals surface area contributed by atoms with E-state index in [1.807, 2.05) is 6.07 Å². The average Bonchev–Trinajstić information content (AvgIpc) is 3.02. The van der Waals surface area contributed by atoms with Crippen LogP contribution in [0.15, 0.2) is 84.1 Å². The highest BCUT2D eigenvalue weighted by atomic mass is 19.4. The van der Waals surface area contributed by atoms with Gasteiger partial charge in [-0.25, -0.2) is 4.99 Å². The van der Waals surface area contributed by atoms with Gasteiger partial charge in [0.2, 0.25) is 18.0 Å². The Balaban J connectivity index is 1.71. The lowest BCUT2D eigenvalue weighted by atomic mass is 9.82. The van der Waals surface area contributed by atoms with E-state index in [9.17, 15) is 27.6 Å². The quantitative estimate of drug-likeness (QED) is 0.417. The number of carbonyl (C=O) groups is 3. The lowest BCUT2D eigenvalue weighted by Gasteiger charge is -2.26. The van der Waals surface area contributed by atoms with Gasteiger partial charge in [-0.15, -0.1) is 0 Å². The van der Waals surface area contributed by atoms with Crippen molar-refractivity contribution in [2.24, 2.45) is 16.6 Å². The smallest absolute Gasteiger partial charge is 0.369 e. The van der Waals surface area contributed by atoms with Gasteiger partial charge in [0.15, 0.2) is 0 Å². The number of carbonyl (C=O) groups excluding carboxylic acids is 3. The Morgan fingerprint density at radius 3 is 2.39 bits per heavy atom. The molecule has 4 N–H and O–H groups in total. The summed E-state index contributed by atoms with van der Waals surface area (Å²) >= 11 is 0. The fourth-order valence-electron chi connectivity index (χ4n) is 4.35. The predicted molar refractivity (Wildman–Crippen MR) is 134 cm³/mol. The van der Waals surface area contributed by atoms with Crippen LogP contribution in [0.4, 0.5) is 18.9 Å². The summed E-state index contributed by atoms with van der Waals surface area (Å²) in [5.41, 5.74) is 7.86. The van der Waals surface area contributed by atoms with E-state index in [0.717, 1.165) is 0 Å². The molecule has 1 aliphatic rings. The minimum Gasteiger partial charge on any atom is -0.369 e. The van der Waals surface area contributed by atoms with E-state index in [0.29, 0.717) is 22.5 Å². The average molecular weight is 524 g/mol.